The molecule has 18 heavy (non-hydrogen) atoms. The van der Waals surface area contributed by atoms with Crippen LogP contribution in [0.25, 0.3) is 10.4 Å². The Kier molecular flexibility index (Phi) is 1.98. The number of hydrogen-bond donors (Lipinski definition) is 1. The molecule has 1 saturated carbocycles. The Labute approximate surface area is 109 Å². The minimum absolute atomic E-state index is 0.120. The zero-order chi connectivity index (χ0) is 12.3. The van der Waals surface area contributed by atoms with E-state index in [0.29, 0.717) is 5.92 Å². The van der Waals surface area contributed by atoms with Gasteiger partial charge in [-0.15, -0.1) is 11.3 Å². The van der Waals surface area contributed by atoms with E-state index in [1.807, 2.05) is 0 Å². The van der Waals surface area contributed by atoms with Crippen LogP contribution in [-0.2, 0) is 11.2 Å². The summed E-state index contributed by atoms with van der Waals surface area (Å²) in [4.78, 5) is 12.3. The summed E-state index contributed by atoms with van der Waals surface area (Å²) in [6.45, 7) is 0. The van der Waals surface area contributed by atoms with Crippen molar-refractivity contribution in [3.8, 4) is 10.4 Å². The Bertz CT molecular complexity index is 630. The Morgan fingerprint density at radius 3 is 2.94 bits per heavy atom. The molecule has 2 aliphatic carbocycles. The molecule has 0 bridgehead atoms. The van der Waals surface area contributed by atoms with Crippen LogP contribution in [-0.4, -0.2) is 11.1 Å². The zero-order valence-corrected chi connectivity index (χ0v) is 10.5. The maximum atomic E-state index is 11.0. The monoisotopic (exact) mass is 256 g/mol. The summed E-state index contributed by atoms with van der Waals surface area (Å²) < 4.78 is 0. The first kappa shape index (κ1) is 10.3. The molecule has 0 radical (unpaired) electrons. The van der Waals surface area contributed by atoms with Crippen LogP contribution in [0.15, 0.2) is 35.7 Å². The fourth-order valence-corrected chi connectivity index (χ4v) is 4.07. The first-order chi connectivity index (χ1) is 8.75. The van der Waals surface area contributed by atoms with Gasteiger partial charge in [0.2, 0.25) is 0 Å². The normalized spacial score (nSPS) is 27.7. The minimum atomic E-state index is -0.627. The Balaban J connectivity index is 1.71. The van der Waals surface area contributed by atoms with Gasteiger partial charge < -0.3 is 5.11 Å². The third-order valence-electron chi connectivity index (χ3n) is 4.22. The van der Waals surface area contributed by atoms with Gasteiger partial charge in [-0.1, -0.05) is 24.3 Å². The van der Waals surface area contributed by atoms with Crippen molar-refractivity contribution in [1.82, 2.24) is 0 Å². The molecule has 1 fully saturated rings. The average molecular weight is 256 g/mol. The molecule has 1 aromatic heterocycles. The number of carbonyl (C=O) groups is 1. The zero-order valence-electron chi connectivity index (χ0n) is 9.67. The Morgan fingerprint density at radius 2 is 2.22 bits per heavy atom. The molecular weight excluding hydrogens is 244 g/mol. The molecular formula is C15H12O2S. The van der Waals surface area contributed by atoms with Crippen molar-refractivity contribution in [2.45, 2.75) is 12.3 Å². The first-order valence-electron chi connectivity index (χ1n) is 6.15. The maximum absolute atomic E-state index is 11.0. The third kappa shape index (κ3) is 1.31. The second-order valence-corrected chi connectivity index (χ2v) is 6.10. The molecule has 1 aromatic carbocycles. The average Bonchev–Trinajstić information content (AvgIpc) is 2.79. The van der Waals surface area contributed by atoms with Crippen molar-refractivity contribution < 1.29 is 9.90 Å². The third-order valence-corrected chi connectivity index (χ3v) is 5.14. The second kappa shape index (κ2) is 3.45. The van der Waals surface area contributed by atoms with Crippen LogP contribution in [0.4, 0.5) is 0 Å². The molecule has 1 N–H and O–H groups in total. The van der Waals surface area contributed by atoms with Gasteiger partial charge in [0, 0.05) is 10.8 Å². The molecule has 4 rings (SSSR count). The van der Waals surface area contributed by atoms with Crippen molar-refractivity contribution in [3.63, 3.8) is 0 Å². The first-order valence-corrected chi connectivity index (χ1v) is 7.03. The van der Waals surface area contributed by atoms with Gasteiger partial charge in [-0.3, -0.25) is 4.79 Å². The van der Waals surface area contributed by atoms with Crippen LogP contribution in [0.2, 0.25) is 0 Å². The van der Waals surface area contributed by atoms with Crippen LogP contribution in [0.5, 0.6) is 0 Å². The van der Waals surface area contributed by atoms with Gasteiger partial charge in [-0.2, -0.15) is 0 Å². The number of thiophene rings is 1. The van der Waals surface area contributed by atoms with Crippen molar-refractivity contribution in [1.29, 1.82) is 0 Å². The van der Waals surface area contributed by atoms with E-state index in [-0.39, 0.29) is 11.8 Å². The van der Waals surface area contributed by atoms with E-state index in [2.05, 4.69) is 35.7 Å². The fraction of sp³-hybridized carbons (Fsp3) is 0.267. The lowest BCUT2D eigenvalue weighted by atomic mass is 9.99. The molecule has 90 valence electrons. The molecule has 0 aliphatic heterocycles. The standard InChI is InChI=1S/C15H12O2S/c16-15(17)14-11-7-9-6-8(12-2-1-5-18-12)3-4-10(9)13(11)14/h1-6,11,13-14H,7H2,(H,16,17)/t11-,13+,14-/m1/s1. The number of aliphatic carboxylic acids is 1. The van der Waals surface area contributed by atoms with Gasteiger partial charge in [0.15, 0.2) is 0 Å². The molecule has 0 unspecified atom stereocenters. The molecule has 0 amide bonds. The summed E-state index contributed by atoms with van der Waals surface area (Å²) in [7, 11) is 0. The van der Waals surface area contributed by atoms with E-state index in [4.69, 9.17) is 5.11 Å². The highest BCUT2D eigenvalue weighted by atomic mass is 32.1. The van der Waals surface area contributed by atoms with Crippen molar-refractivity contribution in [2.24, 2.45) is 11.8 Å². The summed E-state index contributed by atoms with van der Waals surface area (Å²) in [6, 6.07) is 10.7. The van der Waals surface area contributed by atoms with Gasteiger partial charge in [-0.05, 0) is 40.5 Å². The Hall–Kier alpha value is -1.61. The molecule has 2 aliphatic rings. The summed E-state index contributed by atoms with van der Waals surface area (Å²) in [5.41, 5.74) is 3.89. The van der Waals surface area contributed by atoms with Gasteiger partial charge in [0.1, 0.15) is 0 Å². The number of hydrogen-bond acceptors (Lipinski definition) is 2. The van der Waals surface area contributed by atoms with Crippen LogP contribution < -0.4 is 0 Å². The van der Waals surface area contributed by atoms with Crippen LogP contribution >= 0.6 is 11.3 Å². The molecule has 3 atom stereocenters. The molecule has 2 aromatic rings. The summed E-state index contributed by atoms with van der Waals surface area (Å²) in [5, 5.41) is 11.2. The highest BCUT2D eigenvalue weighted by Crippen LogP contribution is 2.61. The van der Waals surface area contributed by atoms with Gasteiger partial charge in [0.05, 0.1) is 5.92 Å². The topological polar surface area (TPSA) is 37.3 Å². The van der Waals surface area contributed by atoms with Crippen LogP contribution in [0, 0.1) is 11.8 Å². The fourth-order valence-electron chi connectivity index (χ4n) is 3.35. The molecule has 2 nitrogen and oxygen atoms in total. The van der Waals surface area contributed by atoms with Crippen LogP contribution in [0.3, 0.4) is 0 Å². The molecule has 3 heteroatoms. The highest BCUT2D eigenvalue weighted by Gasteiger charge is 2.59. The largest absolute Gasteiger partial charge is 0.481 e. The lowest BCUT2D eigenvalue weighted by Crippen LogP contribution is -2.05. The molecule has 1 heterocycles. The second-order valence-electron chi connectivity index (χ2n) is 5.15. The van der Waals surface area contributed by atoms with Gasteiger partial charge in [-0.25, -0.2) is 0 Å². The number of carboxylic acid groups (broad SMARTS) is 1. The lowest BCUT2D eigenvalue weighted by molar-refractivity contribution is -0.139. The lowest BCUT2D eigenvalue weighted by Gasteiger charge is -2.07. The quantitative estimate of drug-likeness (QED) is 0.894. The molecule has 0 spiro atoms. The minimum Gasteiger partial charge on any atom is -0.481 e. The number of carboxylic acids is 1. The summed E-state index contributed by atoms with van der Waals surface area (Å²) in [6.07, 6.45) is 0.941. The predicted molar refractivity (Wildman–Crippen MR) is 70.8 cm³/mol. The van der Waals surface area contributed by atoms with Crippen LogP contribution in [0.1, 0.15) is 17.0 Å². The molecule has 0 saturated heterocycles. The number of fused-ring (bicyclic) bond motifs is 3. The van der Waals surface area contributed by atoms with E-state index >= 15 is 0 Å². The number of benzene rings is 1. The highest BCUT2D eigenvalue weighted by molar-refractivity contribution is 7.13. The summed E-state index contributed by atoms with van der Waals surface area (Å²) >= 11 is 1.74. The van der Waals surface area contributed by atoms with Crippen molar-refractivity contribution in [2.75, 3.05) is 0 Å². The van der Waals surface area contributed by atoms with E-state index in [9.17, 15) is 4.79 Å². The van der Waals surface area contributed by atoms with Gasteiger partial charge >= 0.3 is 5.97 Å². The Morgan fingerprint density at radius 1 is 1.33 bits per heavy atom. The van der Waals surface area contributed by atoms with E-state index in [1.54, 1.807) is 11.3 Å². The van der Waals surface area contributed by atoms with E-state index in [1.165, 1.54) is 21.6 Å². The smallest absolute Gasteiger partial charge is 0.307 e. The predicted octanol–water partition coefficient (Wildman–Crippen LogP) is 3.39. The van der Waals surface area contributed by atoms with Crippen molar-refractivity contribution >= 4 is 17.3 Å². The summed E-state index contributed by atoms with van der Waals surface area (Å²) in [5.74, 6) is -0.103. The van der Waals surface area contributed by atoms with Crippen molar-refractivity contribution in [3.05, 3.63) is 46.8 Å². The number of rotatable bonds is 2. The SMILES string of the molecule is O=C(O)[C@@H]1[C@@H]2Cc3cc(-c4cccs4)ccc3[C@@H]21. The van der Waals surface area contributed by atoms with E-state index in [0.717, 1.165) is 6.42 Å². The van der Waals surface area contributed by atoms with Gasteiger partial charge in [0.25, 0.3) is 0 Å². The maximum Gasteiger partial charge on any atom is 0.307 e. The van der Waals surface area contributed by atoms with E-state index < -0.39 is 5.97 Å².